The maximum absolute atomic E-state index is 11.3. The van der Waals surface area contributed by atoms with Gasteiger partial charge >= 0.3 is 11.9 Å². The zero-order valence-corrected chi connectivity index (χ0v) is 11.1. The normalized spacial score (nSPS) is 22.3. The Bertz CT molecular complexity index is 445. The summed E-state index contributed by atoms with van der Waals surface area (Å²) in [6.07, 6.45) is 1.34. The minimum Gasteiger partial charge on any atom is -0.473 e. The number of Topliss-reactive ketones (excluding diaryl/α,β-unsaturated/α-hetero) is 1. The van der Waals surface area contributed by atoms with Gasteiger partial charge in [0.25, 0.3) is 0 Å². The van der Waals surface area contributed by atoms with Crippen molar-refractivity contribution in [1.82, 2.24) is 5.32 Å². The average molecular weight is 285 g/mol. The molecule has 0 radical (unpaired) electrons. The van der Waals surface area contributed by atoms with E-state index in [1.165, 1.54) is 5.56 Å². The lowest BCUT2D eigenvalue weighted by molar-refractivity contribution is -0.159. The number of piperidine rings is 1. The van der Waals surface area contributed by atoms with Crippen LogP contribution in [-0.4, -0.2) is 34.0 Å². The lowest BCUT2D eigenvalue weighted by atomic mass is 9.95. The van der Waals surface area contributed by atoms with E-state index >= 15 is 0 Å². The summed E-state index contributed by atoms with van der Waals surface area (Å²) in [6.45, 7) is 2.07. The Labute approximate surface area is 114 Å². The van der Waals surface area contributed by atoms with Crippen LogP contribution in [0.5, 0.6) is 0 Å². The molecule has 3 N–H and O–H groups in total. The van der Waals surface area contributed by atoms with Crippen LogP contribution in [0.3, 0.4) is 0 Å². The van der Waals surface area contributed by atoms with Crippen molar-refractivity contribution >= 4 is 29.1 Å². The minimum atomic E-state index is -1.82. The van der Waals surface area contributed by atoms with Gasteiger partial charge in [-0.15, -0.1) is 0 Å². The van der Waals surface area contributed by atoms with Crippen molar-refractivity contribution in [2.75, 3.05) is 0 Å². The summed E-state index contributed by atoms with van der Waals surface area (Å²) in [5.74, 6) is -3.27. The Morgan fingerprint density at radius 2 is 1.95 bits per heavy atom. The number of ketones is 1. The molecule has 1 aromatic rings. The van der Waals surface area contributed by atoms with E-state index in [0.717, 1.165) is 0 Å². The molecule has 2 unspecified atom stereocenters. The number of aliphatic carboxylic acids is 2. The number of hydrogen-bond acceptors (Lipinski definition) is 5. The molecule has 1 aromatic heterocycles. The third-order valence-electron chi connectivity index (χ3n) is 2.58. The second-order valence-corrected chi connectivity index (χ2v) is 5.01. The van der Waals surface area contributed by atoms with Crippen molar-refractivity contribution in [1.29, 1.82) is 0 Å². The number of rotatable bonds is 1. The summed E-state index contributed by atoms with van der Waals surface area (Å²) in [6, 6.07) is 2.67. The molecule has 0 aliphatic carbocycles. The molecule has 0 aromatic carbocycles. The first-order valence-electron chi connectivity index (χ1n) is 5.66. The summed E-state index contributed by atoms with van der Waals surface area (Å²) >= 11 is 1.68. The number of carbonyl (C=O) groups is 3. The van der Waals surface area contributed by atoms with Gasteiger partial charge in [-0.1, -0.05) is 0 Å². The highest BCUT2D eigenvalue weighted by atomic mass is 32.1. The van der Waals surface area contributed by atoms with E-state index in [0.29, 0.717) is 24.7 Å². The van der Waals surface area contributed by atoms with Crippen LogP contribution in [-0.2, 0) is 14.4 Å². The van der Waals surface area contributed by atoms with E-state index in [1.807, 2.05) is 0 Å². The van der Waals surface area contributed by atoms with Gasteiger partial charge in [-0.05, 0) is 29.3 Å². The van der Waals surface area contributed by atoms with Crippen LogP contribution in [0.1, 0.15) is 31.4 Å². The molecule has 0 spiro atoms. The van der Waals surface area contributed by atoms with Crippen LogP contribution in [0.25, 0.3) is 0 Å². The summed E-state index contributed by atoms with van der Waals surface area (Å²) in [4.78, 5) is 29.5. The molecule has 0 saturated carbocycles. The highest BCUT2D eigenvalue weighted by Gasteiger charge is 2.24. The number of carboxylic acid groups (broad SMARTS) is 2. The van der Waals surface area contributed by atoms with Crippen LogP contribution in [0.15, 0.2) is 16.8 Å². The number of nitrogens with one attached hydrogen (secondary N) is 1. The van der Waals surface area contributed by atoms with Gasteiger partial charge in [0.1, 0.15) is 5.78 Å². The van der Waals surface area contributed by atoms with Crippen molar-refractivity contribution in [2.24, 2.45) is 0 Å². The number of carbonyl (C=O) groups excluding carboxylic acids is 1. The molecule has 1 aliphatic heterocycles. The van der Waals surface area contributed by atoms with Crippen molar-refractivity contribution < 1.29 is 24.6 Å². The molecule has 2 heterocycles. The van der Waals surface area contributed by atoms with E-state index in [4.69, 9.17) is 19.8 Å². The van der Waals surface area contributed by atoms with Crippen molar-refractivity contribution in [2.45, 2.75) is 31.8 Å². The maximum Gasteiger partial charge on any atom is 0.414 e. The second kappa shape index (κ2) is 7.01. The average Bonchev–Trinajstić information content (AvgIpc) is 2.81. The van der Waals surface area contributed by atoms with Gasteiger partial charge in [-0.25, -0.2) is 9.59 Å². The van der Waals surface area contributed by atoms with Crippen molar-refractivity contribution in [3.63, 3.8) is 0 Å². The first-order valence-corrected chi connectivity index (χ1v) is 6.60. The number of hydrogen-bond donors (Lipinski definition) is 3. The Kier molecular flexibility index (Phi) is 5.65. The van der Waals surface area contributed by atoms with Gasteiger partial charge < -0.3 is 15.5 Å². The third kappa shape index (κ3) is 5.19. The lowest BCUT2D eigenvalue weighted by Gasteiger charge is -2.27. The molecule has 19 heavy (non-hydrogen) atoms. The molecule has 1 fully saturated rings. The Hall–Kier alpha value is -1.73. The Morgan fingerprint density at radius 1 is 1.32 bits per heavy atom. The summed E-state index contributed by atoms with van der Waals surface area (Å²) in [5, 5.41) is 22.4. The van der Waals surface area contributed by atoms with E-state index in [1.54, 1.807) is 11.3 Å². The van der Waals surface area contributed by atoms with Gasteiger partial charge in [0.15, 0.2) is 0 Å². The molecule has 6 nitrogen and oxygen atoms in total. The number of carboxylic acids is 2. The molecule has 0 bridgehead atoms. The number of thiophene rings is 1. The predicted molar refractivity (Wildman–Crippen MR) is 69.2 cm³/mol. The van der Waals surface area contributed by atoms with Crippen molar-refractivity contribution in [3.8, 4) is 0 Å². The lowest BCUT2D eigenvalue weighted by Crippen LogP contribution is -2.38. The first-order chi connectivity index (χ1) is 8.90. The molecule has 1 aliphatic rings. The van der Waals surface area contributed by atoms with Crippen LogP contribution < -0.4 is 5.32 Å². The molecule has 0 amide bonds. The second-order valence-electron chi connectivity index (χ2n) is 4.23. The smallest absolute Gasteiger partial charge is 0.414 e. The summed E-state index contributed by atoms with van der Waals surface area (Å²) in [5.41, 5.74) is 1.25. The Morgan fingerprint density at radius 3 is 2.37 bits per heavy atom. The van der Waals surface area contributed by atoms with Gasteiger partial charge in [-0.2, -0.15) is 11.3 Å². The fourth-order valence-electron chi connectivity index (χ4n) is 1.80. The topological polar surface area (TPSA) is 104 Å². The summed E-state index contributed by atoms with van der Waals surface area (Å²) < 4.78 is 0. The van der Waals surface area contributed by atoms with Gasteiger partial charge in [0, 0.05) is 24.9 Å². The fourth-order valence-corrected chi connectivity index (χ4v) is 2.52. The maximum atomic E-state index is 11.3. The van der Waals surface area contributed by atoms with Gasteiger partial charge in [-0.3, -0.25) is 4.79 Å². The zero-order valence-electron chi connectivity index (χ0n) is 10.3. The Balaban J connectivity index is 0.000000258. The van der Waals surface area contributed by atoms with Gasteiger partial charge in [0.2, 0.25) is 0 Å². The quantitative estimate of drug-likeness (QED) is 0.672. The van der Waals surface area contributed by atoms with E-state index in [9.17, 15) is 4.79 Å². The molecule has 2 atom stereocenters. The molecule has 1 saturated heterocycles. The van der Waals surface area contributed by atoms with Crippen molar-refractivity contribution in [3.05, 3.63) is 22.4 Å². The largest absolute Gasteiger partial charge is 0.473 e. The molecule has 7 heteroatoms. The predicted octanol–water partition coefficient (Wildman–Crippen LogP) is 1.29. The minimum absolute atomic E-state index is 0.252. The monoisotopic (exact) mass is 285 g/mol. The molecular weight excluding hydrogens is 270 g/mol. The van der Waals surface area contributed by atoms with Crippen LogP contribution in [0.4, 0.5) is 0 Å². The van der Waals surface area contributed by atoms with Crippen LogP contribution in [0.2, 0.25) is 0 Å². The van der Waals surface area contributed by atoms with E-state index in [2.05, 4.69) is 29.1 Å². The molecular formula is C12H15NO5S. The first kappa shape index (κ1) is 15.3. The van der Waals surface area contributed by atoms with Gasteiger partial charge in [0.05, 0.1) is 0 Å². The SMILES string of the molecule is CC1CC(=O)CC(c2ccsc2)N1.O=C(O)C(=O)O. The highest BCUT2D eigenvalue weighted by molar-refractivity contribution is 7.07. The third-order valence-corrected chi connectivity index (χ3v) is 3.28. The highest BCUT2D eigenvalue weighted by Crippen LogP contribution is 2.24. The van der Waals surface area contributed by atoms with Crippen LogP contribution >= 0.6 is 11.3 Å². The van der Waals surface area contributed by atoms with Crippen LogP contribution in [0, 0.1) is 0 Å². The summed E-state index contributed by atoms with van der Waals surface area (Å²) in [7, 11) is 0. The van der Waals surface area contributed by atoms with E-state index in [-0.39, 0.29) is 6.04 Å². The van der Waals surface area contributed by atoms with E-state index < -0.39 is 11.9 Å². The molecule has 104 valence electrons. The zero-order chi connectivity index (χ0) is 14.4. The molecule has 2 rings (SSSR count). The standard InChI is InChI=1S/C10H13NOS.C2H2O4/c1-7-4-9(12)5-10(11-7)8-2-3-13-6-8;3-1(4)2(5)6/h2-3,6-7,10-11H,4-5H2,1H3;(H,3,4)(H,5,6). The fraction of sp³-hybridized carbons (Fsp3) is 0.417.